The van der Waals surface area contributed by atoms with Crippen LogP contribution in [-0.4, -0.2) is 31.5 Å². The van der Waals surface area contributed by atoms with Gasteiger partial charge in [-0.2, -0.15) is 0 Å². The van der Waals surface area contributed by atoms with Gasteiger partial charge >= 0.3 is 0 Å². The van der Waals surface area contributed by atoms with Crippen LogP contribution in [0.15, 0.2) is 70.5 Å². The highest BCUT2D eigenvalue weighted by Crippen LogP contribution is 2.40. The molecule has 8 N–H and O–H groups in total. The Balaban J connectivity index is 0. The maximum absolute atomic E-state index is 14.3. The molecule has 2 amide bonds. The summed E-state index contributed by atoms with van der Waals surface area (Å²) in [4.78, 5) is 18.1. The van der Waals surface area contributed by atoms with E-state index in [1.165, 1.54) is 25.3 Å². The van der Waals surface area contributed by atoms with Gasteiger partial charge in [0.2, 0.25) is 10.0 Å². The van der Waals surface area contributed by atoms with E-state index in [2.05, 4.69) is 43.3 Å². The fraction of sp³-hybridized carbons (Fsp3) is 0.167. The van der Waals surface area contributed by atoms with Crippen molar-refractivity contribution in [3.63, 3.8) is 0 Å². The molecule has 3 aromatic rings. The molecule has 38 heavy (non-hydrogen) atoms. The third kappa shape index (κ3) is 11.0. The normalized spacial score (nSPS) is 10.6. The first-order valence-corrected chi connectivity index (χ1v) is 12.4. The van der Waals surface area contributed by atoms with E-state index in [1.807, 2.05) is 6.92 Å². The Morgan fingerprint density at radius 2 is 1.61 bits per heavy atom. The number of carbonyl (C=O) groups is 2. The molecule has 0 aliphatic carbocycles. The number of furan rings is 1. The topological polar surface area (TPSA) is 200 Å². The molecule has 0 radical (unpaired) electrons. The third-order valence-electron chi connectivity index (χ3n) is 4.45. The van der Waals surface area contributed by atoms with Crippen LogP contribution in [0.1, 0.15) is 26.0 Å². The van der Waals surface area contributed by atoms with Crippen molar-refractivity contribution in [1.82, 2.24) is 0 Å². The first-order chi connectivity index (χ1) is 16.7. The van der Waals surface area contributed by atoms with Crippen LogP contribution in [0.4, 0.5) is 14.0 Å². The smallest absolute Gasteiger partial charge is 0.273 e. The van der Waals surface area contributed by atoms with E-state index >= 15 is 0 Å². The number of carbonyl (C=O) groups excluding carboxylic acids is 2. The second-order valence-corrected chi connectivity index (χ2v) is 9.39. The number of methoxy groups -OCH3 is 1. The number of primary amides is 2. The monoisotopic (exact) mass is 589 g/mol. The predicted molar refractivity (Wildman–Crippen MR) is 154 cm³/mol. The van der Waals surface area contributed by atoms with Crippen molar-refractivity contribution >= 4 is 45.8 Å². The number of thiol groups is 2. The molecule has 0 aliphatic heterocycles. The highest BCUT2D eigenvalue weighted by molar-refractivity contribution is 7.96. The summed E-state index contributed by atoms with van der Waals surface area (Å²) in [5.41, 5.74) is 10.0. The van der Waals surface area contributed by atoms with E-state index in [0.717, 1.165) is 0 Å². The maximum Gasteiger partial charge on any atom is 0.273 e. The number of benzene rings is 2. The number of amides is 2. The lowest BCUT2D eigenvalue weighted by Gasteiger charge is -2.09. The molecule has 0 aliphatic rings. The Hall–Kier alpha value is -3.30. The number of rotatable bonds is 6. The van der Waals surface area contributed by atoms with Crippen LogP contribution in [0.2, 0.25) is 0 Å². The van der Waals surface area contributed by atoms with Crippen molar-refractivity contribution in [3.05, 3.63) is 72.8 Å². The molecule has 0 fully saturated rings. The van der Waals surface area contributed by atoms with Crippen molar-refractivity contribution in [2.24, 2.45) is 16.6 Å². The number of hydrogen-bond donors (Lipinski definition) is 5. The molecule has 1 aromatic heterocycles. The SMILES string of the molecule is C.C=CC(C)c1cc(-c2ccc(OC)c(F)c2)c(-c2ccccc2S(N)(=O)=O)o1.NC(=O)S.NC(=O)S.O. The summed E-state index contributed by atoms with van der Waals surface area (Å²) in [6, 6.07) is 12.5. The number of primary sulfonamides is 1. The lowest BCUT2D eigenvalue weighted by Crippen LogP contribution is -2.13. The summed E-state index contributed by atoms with van der Waals surface area (Å²) >= 11 is 6.21. The van der Waals surface area contributed by atoms with E-state index < -0.39 is 26.3 Å². The lowest BCUT2D eigenvalue weighted by atomic mass is 10.00. The maximum atomic E-state index is 14.3. The van der Waals surface area contributed by atoms with Gasteiger partial charge in [0.1, 0.15) is 11.5 Å². The Kier molecular flexibility index (Phi) is 16.0. The van der Waals surface area contributed by atoms with Gasteiger partial charge in [-0.3, -0.25) is 9.59 Å². The van der Waals surface area contributed by atoms with Crippen LogP contribution < -0.4 is 21.3 Å². The fourth-order valence-electron chi connectivity index (χ4n) is 2.90. The number of ether oxygens (including phenoxy) is 1. The molecular weight excluding hydrogens is 557 g/mol. The van der Waals surface area contributed by atoms with Gasteiger partial charge in [-0.15, -0.1) is 6.58 Å². The average Bonchev–Trinajstić information content (AvgIpc) is 3.22. The summed E-state index contributed by atoms with van der Waals surface area (Å²) in [6.45, 7) is 5.65. The molecule has 0 bridgehead atoms. The van der Waals surface area contributed by atoms with Crippen LogP contribution in [0.3, 0.4) is 0 Å². The van der Waals surface area contributed by atoms with Gasteiger partial charge in [0.15, 0.2) is 11.6 Å². The van der Waals surface area contributed by atoms with Gasteiger partial charge in [-0.05, 0) is 35.9 Å². The zero-order chi connectivity index (χ0) is 27.6. The molecule has 14 heteroatoms. The molecule has 3 rings (SSSR count). The van der Waals surface area contributed by atoms with Crippen molar-refractivity contribution in [1.29, 1.82) is 0 Å². The minimum atomic E-state index is -3.99. The second kappa shape index (κ2) is 16.5. The largest absolute Gasteiger partial charge is 0.494 e. The van der Waals surface area contributed by atoms with Crippen LogP contribution >= 0.6 is 25.3 Å². The summed E-state index contributed by atoms with van der Waals surface area (Å²) in [7, 11) is -2.61. The van der Waals surface area contributed by atoms with E-state index in [0.29, 0.717) is 22.5 Å². The highest BCUT2D eigenvalue weighted by atomic mass is 32.2. The number of hydrogen-bond acceptors (Lipinski definition) is 6. The Labute approximate surface area is 232 Å². The molecule has 1 heterocycles. The zero-order valence-electron chi connectivity index (χ0n) is 19.8. The number of nitrogens with two attached hydrogens (primary N) is 3. The molecule has 1 unspecified atom stereocenters. The van der Waals surface area contributed by atoms with Crippen molar-refractivity contribution < 1.29 is 37.0 Å². The standard InChI is InChI=1S/C21H20FNO4S.2CH3NOS.CH4.H2O/c1-4-13(2)19-12-16(14-9-10-18(26-3)17(22)11-14)21(27-19)15-7-5-6-8-20(15)28(23,24)25;2*2-1(3)4;;/h4-13H,1H2,2-3H3,(H2,23,24,25);2*(H3,2,3,4);1H4;1H2. The number of sulfonamides is 1. The third-order valence-corrected chi connectivity index (χ3v) is 5.42. The average molecular weight is 590 g/mol. The van der Waals surface area contributed by atoms with Crippen molar-refractivity contribution in [2.75, 3.05) is 7.11 Å². The van der Waals surface area contributed by atoms with E-state index in [4.69, 9.17) is 23.9 Å². The Morgan fingerprint density at radius 1 is 1.08 bits per heavy atom. The van der Waals surface area contributed by atoms with Gasteiger partial charge in [-0.1, -0.05) is 63.9 Å². The molecule has 2 aromatic carbocycles. The Bertz CT molecular complexity index is 1330. The van der Waals surface area contributed by atoms with E-state index in [1.54, 1.807) is 36.4 Å². The van der Waals surface area contributed by atoms with E-state index in [-0.39, 0.29) is 35.2 Å². The predicted octanol–water partition coefficient (Wildman–Crippen LogP) is 4.50. The minimum absolute atomic E-state index is 0. The molecular formula is C24H32FN3O7S3. The molecule has 10 nitrogen and oxygen atoms in total. The minimum Gasteiger partial charge on any atom is -0.494 e. The second-order valence-electron chi connectivity index (χ2n) is 6.98. The van der Waals surface area contributed by atoms with Gasteiger partial charge < -0.3 is 26.1 Å². The molecule has 0 spiro atoms. The molecule has 210 valence electrons. The van der Waals surface area contributed by atoms with Gasteiger partial charge in [-0.25, -0.2) is 17.9 Å². The summed E-state index contributed by atoms with van der Waals surface area (Å²) in [5, 5.41) is 4.10. The zero-order valence-corrected chi connectivity index (χ0v) is 22.4. The van der Waals surface area contributed by atoms with Gasteiger partial charge in [0.25, 0.3) is 10.5 Å². The Morgan fingerprint density at radius 3 is 2.05 bits per heavy atom. The number of allylic oxidation sites excluding steroid dienone is 1. The van der Waals surface area contributed by atoms with Gasteiger partial charge in [0.05, 0.1) is 12.0 Å². The summed E-state index contributed by atoms with van der Waals surface area (Å²) in [6.07, 6.45) is 1.70. The molecule has 0 saturated heterocycles. The lowest BCUT2D eigenvalue weighted by molar-refractivity contribution is 0.266. The first kappa shape index (κ1) is 36.9. The van der Waals surface area contributed by atoms with Crippen LogP contribution in [0.25, 0.3) is 22.5 Å². The summed E-state index contributed by atoms with van der Waals surface area (Å²) in [5.74, 6) is 0.305. The van der Waals surface area contributed by atoms with Crippen LogP contribution in [0.5, 0.6) is 5.75 Å². The fourth-order valence-corrected chi connectivity index (χ4v) is 3.64. The van der Waals surface area contributed by atoms with E-state index in [9.17, 15) is 12.8 Å². The van der Waals surface area contributed by atoms with Crippen molar-refractivity contribution in [3.8, 4) is 28.2 Å². The number of halogens is 1. The molecule has 1 atom stereocenters. The van der Waals surface area contributed by atoms with Crippen LogP contribution in [0, 0.1) is 5.82 Å². The molecule has 0 saturated carbocycles. The highest BCUT2D eigenvalue weighted by Gasteiger charge is 2.23. The first-order valence-electron chi connectivity index (χ1n) is 9.92. The van der Waals surface area contributed by atoms with Crippen molar-refractivity contribution in [2.45, 2.75) is 25.2 Å². The van der Waals surface area contributed by atoms with Crippen LogP contribution in [-0.2, 0) is 10.0 Å². The summed E-state index contributed by atoms with van der Waals surface area (Å²) < 4.78 is 49.4. The quantitative estimate of drug-likeness (QED) is 0.207. The van der Waals surface area contributed by atoms with Gasteiger partial charge in [0, 0.05) is 17.0 Å².